The fourth-order valence-electron chi connectivity index (χ4n) is 1.02. The molecule has 6 heteroatoms. The van der Waals surface area contributed by atoms with Crippen LogP contribution in [-0.4, -0.2) is 25.7 Å². The maximum atomic E-state index is 13.0. The van der Waals surface area contributed by atoms with Crippen LogP contribution >= 0.6 is 11.6 Å². The van der Waals surface area contributed by atoms with Gasteiger partial charge in [0.25, 0.3) is 0 Å². The van der Waals surface area contributed by atoms with Gasteiger partial charge in [0.2, 0.25) is 5.91 Å². The first-order valence-corrected chi connectivity index (χ1v) is 5.04. The molecular formula is C10H12ClFN2O2. The lowest BCUT2D eigenvalue weighted by atomic mass is 10.3. The predicted molar refractivity (Wildman–Crippen MR) is 59.9 cm³/mol. The summed E-state index contributed by atoms with van der Waals surface area (Å²) in [5, 5.41) is 2.48. The SMILES string of the molecule is NCCOCC(=O)Nc1ccc(Cl)c(F)c1. The molecule has 0 fully saturated rings. The molecule has 4 nitrogen and oxygen atoms in total. The maximum absolute atomic E-state index is 13.0. The summed E-state index contributed by atoms with van der Waals surface area (Å²) in [5.41, 5.74) is 5.52. The van der Waals surface area contributed by atoms with Gasteiger partial charge in [-0.25, -0.2) is 4.39 Å². The van der Waals surface area contributed by atoms with E-state index in [4.69, 9.17) is 22.1 Å². The molecule has 0 heterocycles. The maximum Gasteiger partial charge on any atom is 0.250 e. The smallest absolute Gasteiger partial charge is 0.250 e. The van der Waals surface area contributed by atoms with E-state index in [1.165, 1.54) is 12.1 Å². The van der Waals surface area contributed by atoms with Crippen molar-refractivity contribution in [2.24, 2.45) is 5.73 Å². The van der Waals surface area contributed by atoms with Crippen LogP contribution in [0.2, 0.25) is 5.02 Å². The van der Waals surface area contributed by atoms with Crippen LogP contribution in [0.5, 0.6) is 0 Å². The van der Waals surface area contributed by atoms with Crippen molar-refractivity contribution in [3.63, 3.8) is 0 Å². The molecule has 0 aliphatic rings. The van der Waals surface area contributed by atoms with Crippen LogP contribution in [0.15, 0.2) is 18.2 Å². The lowest BCUT2D eigenvalue weighted by Gasteiger charge is -2.06. The molecule has 0 atom stereocenters. The summed E-state index contributed by atoms with van der Waals surface area (Å²) in [6.45, 7) is 0.548. The van der Waals surface area contributed by atoms with Crippen molar-refractivity contribution in [3.8, 4) is 0 Å². The van der Waals surface area contributed by atoms with Gasteiger partial charge in [0.15, 0.2) is 0 Å². The second-order valence-corrected chi connectivity index (χ2v) is 3.43. The molecule has 0 spiro atoms. The number of nitrogens with two attached hydrogens (primary N) is 1. The monoisotopic (exact) mass is 246 g/mol. The number of carbonyl (C=O) groups is 1. The van der Waals surface area contributed by atoms with Crippen LogP contribution in [0.3, 0.4) is 0 Å². The van der Waals surface area contributed by atoms with Crippen molar-refractivity contribution in [2.75, 3.05) is 25.1 Å². The Labute approximate surface area is 97.5 Å². The van der Waals surface area contributed by atoms with Gasteiger partial charge in [0.1, 0.15) is 12.4 Å². The zero-order valence-corrected chi connectivity index (χ0v) is 9.26. The van der Waals surface area contributed by atoms with Crippen molar-refractivity contribution >= 4 is 23.2 Å². The highest BCUT2D eigenvalue weighted by atomic mass is 35.5. The molecule has 1 rings (SSSR count). The lowest BCUT2D eigenvalue weighted by molar-refractivity contribution is -0.120. The largest absolute Gasteiger partial charge is 0.370 e. The van der Waals surface area contributed by atoms with Gasteiger partial charge in [-0.3, -0.25) is 4.79 Å². The lowest BCUT2D eigenvalue weighted by Crippen LogP contribution is -2.20. The number of hydrogen-bond donors (Lipinski definition) is 2. The summed E-state index contributed by atoms with van der Waals surface area (Å²) < 4.78 is 17.9. The van der Waals surface area contributed by atoms with E-state index in [1.54, 1.807) is 0 Å². The van der Waals surface area contributed by atoms with E-state index in [2.05, 4.69) is 5.32 Å². The molecule has 0 saturated heterocycles. The van der Waals surface area contributed by atoms with Crippen molar-refractivity contribution in [1.82, 2.24) is 0 Å². The number of hydrogen-bond acceptors (Lipinski definition) is 3. The standard InChI is InChI=1S/C10H12ClFN2O2/c11-8-2-1-7(5-9(8)12)14-10(15)6-16-4-3-13/h1-2,5H,3-4,6,13H2,(H,14,15). The molecule has 0 radical (unpaired) electrons. The average Bonchev–Trinajstić information content (AvgIpc) is 2.24. The highest BCUT2D eigenvalue weighted by Gasteiger charge is 2.05. The molecule has 0 saturated carbocycles. The third kappa shape index (κ3) is 4.14. The number of halogens is 2. The van der Waals surface area contributed by atoms with Crippen LogP contribution in [-0.2, 0) is 9.53 Å². The summed E-state index contributed by atoms with van der Waals surface area (Å²) in [4.78, 5) is 11.3. The molecule has 0 aliphatic heterocycles. The fraction of sp³-hybridized carbons (Fsp3) is 0.300. The van der Waals surface area contributed by atoms with Crippen LogP contribution in [0, 0.1) is 5.82 Å². The predicted octanol–water partition coefficient (Wildman–Crippen LogP) is 1.39. The average molecular weight is 247 g/mol. The van der Waals surface area contributed by atoms with Crippen LogP contribution in [0.25, 0.3) is 0 Å². The number of anilines is 1. The minimum Gasteiger partial charge on any atom is -0.370 e. The van der Waals surface area contributed by atoms with Crippen LogP contribution in [0.1, 0.15) is 0 Å². The van der Waals surface area contributed by atoms with Gasteiger partial charge >= 0.3 is 0 Å². The van der Waals surface area contributed by atoms with E-state index >= 15 is 0 Å². The molecule has 16 heavy (non-hydrogen) atoms. The molecule has 3 N–H and O–H groups in total. The Kier molecular flexibility index (Phi) is 5.18. The number of rotatable bonds is 5. The first kappa shape index (κ1) is 12.9. The Morgan fingerprint density at radius 3 is 2.94 bits per heavy atom. The van der Waals surface area contributed by atoms with E-state index < -0.39 is 5.82 Å². The minimum atomic E-state index is -0.581. The van der Waals surface area contributed by atoms with Crippen molar-refractivity contribution < 1.29 is 13.9 Å². The number of amides is 1. The van der Waals surface area contributed by atoms with Crippen LogP contribution < -0.4 is 11.1 Å². The Bertz CT molecular complexity index is 374. The van der Waals surface area contributed by atoms with Crippen molar-refractivity contribution in [1.29, 1.82) is 0 Å². The summed E-state index contributed by atoms with van der Waals surface area (Å²) in [6.07, 6.45) is 0. The third-order valence-corrected chi connectivity index (χ3v) is 2.01. The highest BCUT2D eigenvalue weighted by Crippen LogP contribution is 2.18. The second kappa shape index (κ2) is 6.42. The molecular weight excluding hydrogens is 235 g/mol. The number of benzene rings is 1. The minimum absolute atomic E-state index is 0.0115. The van der Waals surface area contributed by atoms with E-state index in [9.17, 15) is 9.18 Å². The van der Waals surface area contributed by atoms with E-state index in [-0.39, 0.29) is 17.5 Å². The van der Waals surface area contributed by atoms with E-state index in [1.807, 2.05) is 0 Å². The number of carbonyl (C=O) groups excluding carboxylic acids is 1. The third-order valence-electron chi connectivity index (χ3n) is 1.70. The highest BCUT2D eigenvalue weighted by molar-refractivity contribution is 6.30. The van der Waals surface area contributed by atoms with Gasteiger partial charge in [0, 0.05) is 12.2 Å². The molecule has 0 unspecified atom stereocenters. The fourth-order valence-corrected chi connectivity index (χ4v) is 1.14. The Balaban J connectivity index is 2.46. The second-order valence-electron chi connectivity index (χ2n) is 3.02. The van der Waals surface area contributed by atoms with Gasteiger partial charge in [-0.1, -0.05) is 11.6 Å². The van der Waals surface area contributed by atoms with Crippen LogP contribution in [0.4, 0.5) is 10.1 Å². The molecule has 0 aromatic heterocycles. The Morgan fingerprint density at radius 2 is 2.31 bits per heavy atom. The Hall–Kier alpha value is -1.17. The zero-order valence-electron chi connectivity index (χ0n) is 8.50. The molecule has 0 bridgehead atoms. The molecule has 1 amide bonds. The van der Waals surface area contributed by atoms with Gasteiger partial charge in [-0.2, -0.15) is 0 Å². The summed E-state index contributed by atoms with van der Waals surface area (Å²) in [6, 6.07) is 4.02. The first-order chi connectivity index (χ1) is 7.63. The topological polar surface area (TPSA) is 64.3 Å². The van der Waals surface area contributed by atoms with E-state index in [0.717, 1.165) is 6.07 Å². The Morgan fingerprint density at radius 1 is 1.56 bits per heavy atom. The van der Waals surface area contributed by atoms with E-state index in [0.29, 0.717) is 18.8 Å². The zero-order chi connectivity index (χ0) is 12.0. The first-order valence-electron chi connectivity index (χ1n) is 4.66. The molecule has 0 aliphatic carbocycles. The van der Waals surface area contributed by atoms with Gasteiger partial charge in [0.05, 0.1) is 11.6 Å². The van der Waals surface area contributed by atoms with Gasteiger partial charge < -0.3 is 15.8 Å². The number of nitrogens with one attached hydrogen (secondary N) is 1. The molecule has 1 aromatic rings. The summed E-state index contributed by atoms with van der Waals surface area (Å²) in [5.74, 6) is -0.947. The number of ether oxygens (including phenoxy) is 1. The quantitative estimate of drug-likeness (QED) is 0.772. The summed E-state index contributed by atoms with van der Waals surface area (Å²) in [7, 11) is 0. The van der Waals surface area contributed by atoms with Gasteiger partial charge in [-0.05, 0) is 18.2 Å². The van der Waals surface area contributed by atoms with Crippen molar-refractivity contribution in [3.05, 3.63) is 29.0 Å². The molecule has 88 valence electrons. The normalized spacial score (nSPS) is 10.2. The molecule has 1 aromatic carbocycles. The van der Waals surface area contributed by atoms with Crippen molar-refractivity contribution in [2.45, 2.75) is 0 Å². The van der Waals surface area contributed by atoms with Gasteiger partial charge in [-0.15, -0.1) is 0 Å². The summed E-state index contributed by atoms with van der Waals surface area (Å²) >= 11 is 5.49.